The molecule has 0 saturated heterocycles. The number of carbonyl (C=O) groups excluding carboxylic acids is 2. The summed E-state index contributed by atoms with van der Waals surface area (Å²) in [6.07, 6.45) is 21.8. The number of esters is 2. The number of likely N-dealkylation sites (N-methyl/N-ethyl adjacent to an activating group) is 1. The highest BCUT2D eigenvalue weighted by molar-refractivity contribution is 7.47. The molecule has 0 aromatic heterocycles. The van der Waals surface area contributed by atoms with Crippen LogP contribution in [0.15, 0.2) is 48.6 Å². The van der Waals surface area contributed by atoms with Crippen LogP contribution in [0.3, 0.4) is 0 Å². The summed E-state index contributed by atoms with van der Waals surface area (Å²) in [5, 5.41) is 9.74. The van der Waals surface area contributed by atoms with E-state index in [0.29, 0.717) is 23.9 Å². The molecule has 0 amide bonds. The second-order valence-electron chi connectivity index (χ2n) is 10.7. The highest BCUT2D eigenvalue weighted by Crippen LogP contribution is 2.43. The first kappa shape index (κ1) is 38.9. The Bertz CT molecular complexity index is 878. The number of aliphatic hydroxyl groups excluding tert-OH is 1. The lowest BCUT2D eigenvalue weighted by atomic mass is 10.1. The number of unbranched alkanes of at least 4 members (excludes halogenated alkanes) is 2. The fourth-order valence-corrected chi connectivity index (χ4v) is 3.94. The van der Waals surface area contributed by atoms with Crippen molar-refractivity contribution < 1.29 is 47.2 Å². The van der Waals surface area contributed by atoms with E-state index in [4.69, 9.17) is 18.5 Å². The van der Waals surface area contributed by atoms with Gasteiger partial charge in [-0.15, -0.1) is 0 Å². The van der Waals surface area contributed by atoms with Crippen LogP contribution in [0.1, 0.15) is 71.6 Å². The molecule has 11 heteroatoms. The summed E-state index contributed by atoms with van der Waals surface area (Å²) in [4.78, 5) is 33.2. The Labute approximate surface area is 246 Å². The van der Waals surface area contributed by atoms with Crippen LogP contribution in [0.2, 0.25) is 0 Å². The summed E-state index contributed by atoms with van der Waals surface area (Å²) in [6.45, 7) is 3.07. The lowest BCUT2D eigenvalue weighted by Crippen LogP contribution is -2.37. The Balaban J connectivity index is 4.11. The normalized spacial score (nSPS) is 15.6. The number of ether oxygens (including phenoxy) is 2. The van der Waals surface area contributed by atoms with Crippen LogP contribution in [0, 0.1) is 0 Å². The van der Waals surface area contributed by atoms with Gasteiger partial charge in [0.05, 0.1) is 33.9 Å². The van der Waals surface area contributed by atoms with Crippen molar-refractivity contribution in [3.05, 3.63) is 48.6 Å². The number of phosphoric acid groups is 1. The summed E-state index contributed by atoms with van der Waals surface area (Å²) in [7, 11) is 1.40. The summed E-state index contributed by atoms with van der Waals surface area (Å²) in [6, 6.07) is 0. The highest BCUT2D eigenvalue weighted by Gasteiger charge is 2.26. The number of allylic oxidation sites excluding steroid dienone is 7. The predicted octanol–water partition coefficient (Wildman–Crippen LogP) is 5.42. The molecule has 0 rings (SSSR count). The van der Waals surface area contributed by atoms with Crippen molar-refractivity contribution in [3.8, 4) is 0 Å². The molecule has 0 heterocycles. The van der Waals surface area contributed by atoms with E-state index in [9.17, 15) is 24.2 Å². The van der Waals surface area contributed by atoms with Crippen LogP contribution in [-0.4, -0.2) is 86.1 Å². The first-order valence-corrected chi connectivity index (χ1v) is 15.9. The Morgan fingerprint density at radius 3 is 2.10 bits per heavy atom. The molecule has 1 unspecified atom stereocenters. The van der Waals surface area contributed by atoms with Gasteiger partial charge in [0.1, 0.15) is 19.8 Å². The number of phosphoric ester groups is 1. The van der Waals surface area contributed by atoms with Crippen molar-refractivity contribution in [2.45, 2.75) is 83.8 Å². The molecule has 0 aromatic carbocycles. The minimum absolute atomic E-state index is 0.0109. The quantitative estimate of drug-likeness (QED) is 0.0489. The number of hydrogen-bond acceptors (Lipinski definition) is 8. The third-order valence-electron chi connectivity index (χ3n) is 5.48. The van der Waals surface area contributed by atoms with Crippen molar-refractivity contribution in [1.29, 1.82) is 0 Å². The smallest absolute Gasteiger partial charge is 0.462 e. The lowest BCUT2D eigenvalue weighted by molar-refractivity contribution is -0.870. The molecule has 0 aliphatic heterocycles. The predicted molar refractivity (Wildman–Crippen MR) is 161 cm³/mol. The van der Waals surface area contributed by atoms with E-state index >= 15 is 0 Å². The first-order chi connectivity index (χ1) is 19.3. The van der Waals surface area contributed by atoms with Gasteiger partial charge in [0, 0.05) is 13.3 Å². The van der Waals surface area contributed by atoms with Gasteiger partial charge in [-0.05, 0) is 38.5 Å². The van der Waals surface area contributed by atoms with Crippen LogP contribution >= 0.6 is 7.82 Å². The topological polar surface area (TPSA) is 129 Å². The van der Waals surface area contributed by atoms with Gasteiger partial charge in [0.25, 0.3) is 0 Å². The molecule has 2 N–H and O–H groups in total. The molecule has 0 aromatic rings. The van der Waals surface area contributed by atoms with Crippen molar-refractivity contribution in [1.82, 2.24) is 0 Å². The minimum atomic E-state index is -4.34. The summed E-state index contributed by atoms with van der Waals surface area (Å²) >= 11 is 0. The molecule has 0 bridgehead atoms. The average Bonchev–Trinajstić information content (AvgIpc) is 2.88. The van der Waals surface area contributed by atoms with Crippen molar-refractivity contribution in [2.75, 3.05) is 47.5 Å². The monoisotopic (exact) mass is 602 g/mol. The third-order valence-corrected chi connectivity index (χ3v) is 6.47. The van der Waals surface area contributed by atoms with Crippen molar-refractivity contribution in [2.24, 2.45) is 0 Å². The number of quaternary nitrogens is 1. The molecule has 41 heavy (non-hydrogen) atoms. The van der Waals surface area contributed by atoms with Gasteiger partial charge >= 0.3 is 19.8 Å². The van der Waals surface area contributed by atoms with Crippen molar-refractivity contribution in [3.63, 3.8) is 0 Å². The molecule has 10 nitrogen and oxygen atoms in total. The number of nitrogens with zero attached hydrogens (tertiary/aromatic N) is 1. The average molecular weight is 603 g/mol. The van der Waals surface area contributed by atoms with Crippen LogP contribution in [-0.2, 0) is 32.7 Å². The van der Waals surface area contributed by atoms with Gasteiger partial charge in [0.15, 0.2) is 6.10 Å². The van der Waals surface area contributed by atoms with E-state index in [1.807, 2.05) is 45.4 Å². The van der Waals surface area contributed by atoms with Crippen LogP contribution in [0.25, 0.3) is 0 Å². The molecule has 0 saturated carbocycles. The van der Waals surface area contributed by atoms with Crippen LogP contribution in [0.5, 0.6) is 0 Å². The van der Waals surface area contributed by atoms with Gasteiger partial charge in [-0.3, -0.25) is 18.6 Å². The second kappa shape index (κ2) is 23.5. The van der Waals surface area contributed by atoms with E-state index in [2.05, 4.69) is 31.2 Å². The number of aliphatic hydroxyl groups is 1. The van der Waals surface area contributed by atoms with Gasteiger partial charge in [-0.1, -0.05) is 68.4 Å². The van der Waals surface area contributed by atoms with Gasteiger partial charge in [0.2, 0.25) is 0 Å². The molecular weight excluding hydrogens is 549 g/mol. The second-order valence-corrected chi connectivity index (χ2v) is 12.1. The van der Waals surface area contributed by atoms with E-state index in [0.717, 1.165) is 38.5 Å². The van der Waals surface area contributed by atoms with E-state index in [1.165, 1.54) is 6.92 Å². The largest absolute Gasteiger partial charge is 0.472 e. The zero-order chi connectivity index (χ0) is 31.0. The lowest BCUT2D eigenvalue weighted by Gasteiger charge is -2.24. The summed E-state index contributed by atoms with van der Waals surface area (Å²) < 4.78 is 32.7. The van der Waals surface area contributed by atoms with Gasteiger partial charge in [-0.2, -0.15) is 0 Å². The Hall–Kier alpha value is -2.07. The van der Waals surface area contributed by atoms with Crippen LogP contribution < -0.4 is 0 Å². The number of hydrogen-bond donors (Lipinski definition) is 2. The van der Waals surface area contributed by atoms with Gasteiger partial charge in [-0.25, -0.2) is 4.57 Å². The van der Waals surface area contributed by atoms with E-state index < -0.39 is 32.5 Å². The molecule has 0 aliphatic carbocycles. The SMILES string of the molecule is CCCC[C@H](O)/C=C\C/C=C\C/C=C\C/C=C\CCCC(=O)OC[C@H](COP(=O)(O)OCC[N+](C)(C)C)OC(C)=O. The van der Waals surface area contributed by atoms with Gasteiger partial charge < -0.3 is 24.0 Å². The molecule has 0 fully saturated rings. The number of carbonyl (C=O) groups is 2. The van der Waals surface area contributed by atoms with Crippen molar-refractivity contribution >= 4 is 19.8 Å². The fourth-order valence-electron chi connectivity index (χ4n) is 3.20. The molecule has 0 spiro atoms. The molecular formula is C30H53NO9P+. The molecule has 3 atom stereocenters. The Morgan fingerprint density at radius 2 is 1.51 bits per heavy atom. The Morgan fingerprint density at radius 1 is 0.902 bits per heavy atom. The molecule has 236 valence electrons. The maximum atomic E-state index is 12.1. The van der Waals surface area contributed by atoms with Crippen LogP contribution in [0.4, 0.5) is 0 Å². The summed E-state index contributed by atoms with van der Waals surface area (Å²) in [5.41, 5.74) is 0. The first-order valence-electron chi connectivity index (χ1n) is 14.4. The fraction of sp³-hybridized carbons (Fsp3) is 0.667. The maximum absolute atomic E-state index is 12.1. The van der Waals surface area contributed by atoms with E-state index in [1.54, 1.807) is 0 Å². The summed E-state index contributed by atoms with van der Waals surface area (Å²) in [5.74, 6) is -1.09. The van der Waals surface area contributed by atoms with E-state index in [-0.39, 0.29) is 25.7 Å². The molecule has 0 aliphatic rings. The zero-order valence-corrected chi connectivity index (χ0v) is 26.5. The third kappa shape index (κ3) is 27.9. The minimum Gasteiger partial charge on any atom is -0.462 e. The Kier molecular flexibility index (Phi) is 22.3. The highest BCUT2D eigenvalue weighted by atomic mass is 31.2. The standard InChI is InChI=1S/C30H52NO9P/c1-6-7-20-28(33)21-18-16-14-12-10-8-9-11-13-15-17-19-22-30(34)37-25-29(40-27(2)32)26-39-41(35,36)38-24-23-31(3,4)5/h8-9,12-15,18,21,28-29,33H,6-7,10-11,16-17,19-20,22-26H2,1-5H3/p+1/b9-8-,14-12-,15-13-,21-18-/t28-,29+/m0/s1. The molecule has 0 radical (unpaired) electrons. The maximum Gasteiger partial charge on any atom is 0.472 e. The zero-order valence-electron chi connectivity index (χ0n) is 25.6. The number of rotatable bonds is 24.